The van der Waals surface area contributed by atoms with Crippen molar-refractivity contribution in [2.45, 2.75) is 37.9 Å². The molecule has 2 aliphatic rings. The Bertz CT molecular complexity index is 1130. The molecule has 8 heteroatoms. The highest BCUT2D eigenvalue weighted by Gasteiger charge is 2.26. The molecule has 2 fully saturated rings. The van der Waals surface area contributed by atoms with Crippen molar-refractivity contribution in [1.29, 1.82) is 0 Å². The molecule has 1 saturated heterocycles. The number of morpholine rings is 1. The number of hydrogen-bond acceptors (Lipinski definition) is 7. The molecule has 3 heterocycles. The van der Waals surface area contributed by atoms with Crippen LogP contribution in [0.2, 0.25) is 0 Å². The standard InChI is InChI=1S/C24H27N5O3/c1-28-23(30)14-21(20-9-10-25-16-26-20)27-24(28)29-11-12-31-22(15-29)17-5-4-8-19(13-17)32-18-6-2-3-7-18/h4-5,8-10,13-14,16,18,22H,2-3,6-7,11-12,15H2,1H3. The smallest absolute Gasteiger partial charge is 0.255 e. The van der Waals surface area contributed by atoms with Crippen LogP contribution in [0.1, 0.15) is 37.4 Å². The molecule has 1 saturated carbocycles. The first kappa shape index (κ1) is 20.6. The van der Waals surface area contributed by atoms with Crippen molar-refractivity contribution in [3.05, 3.63) is 64.8 Å². The molecule has 1 atom stereocenters. The fourth-order valence-corrected chi connectivity index (χ4v) is 4.40. The van der Waals surface area contributed by atoms with E-state index < -0.39 is 0 Å². The van der Waals surface area contributed by atoms with Crippen LogP contribution in [0.5, 0.6) is 5.75 Å². The van der Waals surface area contributed by atoms with Crippen LogP contribution in [-0.2, 0) is 11.8 Å². The van der Waals surface area contributed by atoms with Crippen molar-refractivity contribution < 1.29 is 9.47 Å². The first-order valence-electron chi connectivity index (χ1n) is 11.1. The molecule has 0 bridgehead atoms. The summed E-state index contributed by atoms with van der Waals surface area (Å²) in [6, 6.07) is 11.4. The number of rotatable bonds is 5. The van der Waals surface area contributed by atoms with E-state index in [2.05, 4.69) is 27.0 Å². The summed E-state index contributed by atoms with van der Waals surface area (Å²) in [6.07, 6.45) is 8.02. The molecule has 3 aromatic rings. The lowest BCUT2D eigenvalue weighted by Crippen LogP contribution is -2.41. The van der Waals surface area contributed by atoms with E-state index in [9.17, 15) is 4.79 Å². The van der Waals surface area contributed by atoms with E-state index in [0.29, 0.717) is 43.1 Å². The van der Waals surface area contributed by atoms with Gasteiger partial charge in [-0.2, -0.15) is 0 Å². The Morgan fingerprint density at radius 3 is 2.81 bits per heavy atom. The summed E-state index contributed by atoms with van der Waals surface area (Å²) in [5.41, 5.74) is 2.11. The summed E-state index contributed by atoms with van der Waals surface area (Å²) in [5, 5.41) is 0. The summed E-state index contributed by atoms with van der Waals surface area (Å²) in [6.45, 7) is 1.80. The molecule has 2 aromatic heterocycles. The summed E-state index contributed by atoms with van der Waals surface area (Å²) in [5.74, 6) is 1.50. The quantitative estimate of drug-likeness (QED) is 0.611. The summed E-state index contributed by atoms with van der Waals surface area (Å²) < 4.78 is 13.8. The molecular weight excluding hydrogens is 406 g/mol. The van der Waals surface area contributed by atoms with Gasteiger partial charge in [-0.05, 0) is 49.4 Å². The highest BCUT2D eigenvalue weighted by Crippen LogP contribution is 2.30. The number of aromatic nitrogens is 4. The minimum atomic E-state index is -0.129. The Morgan fingerprint density at radius 1 is 1.12 bits per heavy atom. The molecule has 8 nitrogen and oxygen atoms in total. The van der Waals surface area contributed by atoms with Gasteiger partial charge in [-0.25, -0.2) is 15.0 Å². The molecule has 0 amide bonds. The summed E-state index contributed by atoms with van der Waals surface area (Å²) in [7, 11) is 1.74. The molecule has 0 radical (unpaired) electrons. The van der Waals surface area contributed by atoms with E-state index in [-0.39, 0.29) is 11.7 Å². The minimum Gasteiger partial charge on any atom is -0.490 e. The van der Waals surface area contributed by atoms with Gasteiger partial charge in [0.15, 0.2) is 0 Å². The van der Waals surface area contributed by atoms with E-state index in [4.69, 9.17) is 14.5 Å². The number of ether oxygens (including phenoxy) is 2. The maximum atomic E-state index is 12.6. The van der Waals surface area contributed by atoms with Crippen molar-refractivity contribution in [2.75, 3.05) is 24.6 Å². The average molecular weight is 434 g/mol. The highest BCUT2D eigenvalue weighted by atomic mass is 16.5. The fourth-order valence-electron chi connectivity index (χ4n) is 4.40. The van der Waals surface area contributed by atoms with Crippen LogP contribution < -0.4 is 15.2 Å². The first-order chi connectivity index (χ1) is 15.7. The van der Waals surface area contributed by atoms with E-state index in [1.165, 1.54) is 25.2 Å². The van der Waals surface area contributed by atoms with Crippen LogP contribution in [0, 0.1) is 0 Å². The Balaban J connectivity index is 1.39. The van der Waals surface area contributed by atoms with E-state index in [0.717, 1.165) is 24.2 Å². The SMILES string of the molecule is Cn1c(N2CCOC(c3cccc(OC4CCCC4)c3)C2)nc(-c2ccncn2)cc1=O. The van der Waals surface area contributed by atoms with Crippen molar-refractivity contribution in [3.63, 3.8) is 0 Å². The van der Waals surface area contributed by atoms with Crippen molar-refractivity contribution in [3.8, 4) is 17.1 Å². The van der Waals surface area contributed by atoms with Gasteiger partial charge in [0.25, 0.3) is 5.56 Å². The zero-order chi connectivity index (χ0) is 21.9. The van der Waals surface area contributed by atoms with Crippen molar-refractivity contribution in [2.24, 2.45) is 7.05 Å². The number of nitrogens with zero attached hydrogens (tertiary/aromatic N) is 5. The van der Waals surface area contributed by atoms with Crippen LogP contribution in [0.3, 0.4) is 0 Å². The minimum absolute atomic E-state index is 0.126. The average Bonchev–Trinajstić information content (AvgIpc) is 3.34. The number of hydrogen-bond donors (Lipinski definition) is 0. The predicted molar refractivity (Wildman–Crippen MR) is 121 cm³/mol. The zero-order valence-corrected chi connectivity index (χ0v) is 18.2. The van der Waals surface area contributed by atoms with Crippen LogP contribution in [0.25, 0.3) is 11.4 Å². The van der Waals surface area contributed by atoms with Crippen LogP contribution in [0.4, 0.5) is 5.95 Å². The molecule has 32 heavy (non-hydrogen) atoms. The van der Waals surface area contributed by atoms with Crippen LogP contribution >= 0.6 is 0 Å². The van der Waals surface area contributed by atoms with Gasteiger partial charge in [0, 0.05) is 25.9 Å². The van der Waals surface area contributed by atoms with Gasteiger partial charge in [0.2, 0.25) is 5.95 Å². The van der Waals surface area contributed by atoms with Gasteiger partial charge in [0.1, 0.15) is 18.2 Å². The van der Waals surface area contributed by atoms with Gasteiger partial charge < -0.3 is 14.4 Å². The molecule has 1 aliphatic heterocycles. The lowest BCUT2D eigenvalue weighted by molar-refractivity contribution is 0.0387. The third-order valence-corrected chi connectivity index (χ3v) is 6.14. The molecular formula is C24H27N5O3. The summed E-state index contributed by atoms with van der Waals surface area (Å²) >= 11 is 0. The third-order valence-electron chi connectivity index (χ3n) is 6.14. The molecule has 1 aromatic carbocycles. The Kier molecular flexibility index (Phi) is 5.85. The lowest BCUT2D eigenvalue weighted by atomic mass is 10.1. The highest BCUT2D eigenvalue weighted by molar-refractivity contribution is 5.55. The van der Waals surface area contributed by atoms with E-state index in [1.807, 2.05) is 12.1 Å². The Hall–Kier alpha value is -3.26. The monoisotopic (exact) mass is 433 g/mol. The van der Waals surface area contributed by atoms with E-state index in [1.54, 1.807) is 23.9 Å². The summed E-state index contributed by atoms with van der Waals surface area (Å²) in [4.78, 5) is 27.7. The van der Waals surface area contributed by atoms with Gasteiger partial charge in [-0.3, -0.25) is 9.36 Å². The Labute approximate surface area is 186 Å². The maximum Gasteiger partial charge on any atom is 0.255 e. The first-order valence-corrected chi connectivity index (χ1v) is 11.1. The maximum absolute atomic E-state index is 12.6. The third kappa shape index (κ3) is 4.36. The molecule has 1 aliphatic carbocycles. The predicted octanol–water partition coefficient (Wildman–Crippen LogP) is 3.14. The van der Waals surface area contributed by atoms with Gasteiger partial charge in [0.05, 0.1) is 30.6 Å². The van der Waals surface area contributed by atoms with Crippen molar-refractivity contribution >= 4 is 5.95 Å². The van der Waals surface area contributed by atoms with Gasteiger partial charge in [-0.1, -0.05) is 12.1 Å². The lowest BCUT2D eigenvalue weighted by Gasteiger charge is -2.34. The second-order valence-electron chi connectivity index (χ2n) is 8.34. The van der Waals surface area contributed by atoms with Crippen molar-refractivity contribution in [1.82, 2.24) is 19.5 Å². The number of benzene rings is 1. The molecule has 0 N–H and O–H groups in total. The van der Waals surface area contributed by atoms with Gasteiger partial charge >= 0.3 is 0 Å². The molecule has 5 rings (SSSR count). The molecule has 1 unspecified atom stereocenters. The fraction of sp³-hybridized carbons (Fsp3) is 0.417. The normalized spacial score (nSPS) is 19.3. The number of anilines is 1. The topological polar surface area (TPSA) is 82.4 Å². The zero-order valence-electron chi connectivity index (χ0n) is 18.2. The molecule has 0 spiro atoms. The largest absolute Gasteiger partial charge is 0.490 e. The van der Waals surface area contributed by atoms with Gasteiger partial charge in [-0.15, -0.1) is 0 Å². The molecule has 166 valence electrons. The van der Waals surface area contributed by atoms with Crippen LogP contribution in [-0.4, -0.2) is 45.3 Å². The van der Waals surface area contributed by atoms with Crippen LogP contribution in [0.15, 0.2) is 53.7 Å². The Morgan fingerprint density at radius 2 is 2.00 bits per heavy atom. The second-order valence-corrected chi connectivity index (χ2v) is 8.34. The second kappa shape index (κ2) is 9.08. The van der Waals surface area contributed by atoms with E-state index >= 15 is 0 Å².